The van der Waals surface area contributed by atoms with Crippen molar-refractivity contribution in [1.29, 1.82) is 0 Å². The number of nitrogens with one attached hydrogen (secondary N) is 1. The van der Waals surface area contributed by atoms with Crippen molar-refractivity contribution < 1.29 is 9.59 Å². The van der Waals surface area contributed by atoms with Gasteiger partial charge in [0.15, 0.2) is 0 Å². The lowest BCUT2D eigenvalue weighted by Crippen LogP contribution is -2.40. The zero-order valence-corrected chi connectivity index (χ0v) is 15.6. The largest absolute Gasteiger partial charge is 0.325 e. The Morgan fingerprint density at radius 1 is 1.04 bits per heavy atom. The summed E-state index contributed by atoms with van der Waals surface area (Å²) in [6.45, 7) is 3.58. The Morgan fingerprint density at radius 3 is 2.33 bits per heavy atom. The van der Waals surface area contributed by atoms with E-state index < -0.39 is 11.6 Å². The fourth-order valence-electron chi connectivity index (χ4n) is 3.24. The van der Waals surface area contributed by atoms with Gasteiger partial charge in [0.1, 0.15) is 5.54 Å². The van der Waals surface area contributed by atoms with Gasteiger partial charge in [-0.2, -0.15) is 0 Å². The van der Waals surface area contributed by atoms with E-state index in [1.54, 1.807) is 31.2 Å². The molecule has 0 aliphatic carbocycles. The minimum Gasteiger partial charge on any atom is -0.319 e. The molecular formula is C20H17ClN4O2. The maximum atomic E-state index is 13.1. The summed E-state index contributed by atoms with van der Waals surface area (Å²) in [6.07, 6.45) is 0. The van der Waals surface area contributed by atoms with Crippen LogP contribution in [0.1, 0.15) is 23.9 Å². The first-order valence-corrected chi connectivity index (χ1v) is 8.89. The Labute approximate surface area is 161 Å². The van der Waals surface area contributed by atoms with Crippen molar-refractivity contribution in [2.75, 3.05) is 0 Å². The molecule has 0 saturated carbocycles. The standard InChI is InChI=1S/C20H17ClN4O2/c1-12-17(23-16-6-4-3-5-15(16)22-12)11-25-18(26)20(2,24-19(25)27)13-7-9-14(21)10-8-13/h3-10H,11H2,1-2H3,(H,24,27). The molecule has 3 amide bonds. The third kappa shape index (κ3) is 2.92. The van der Waals surface area contributed by atoms with Crippen molar-refractivity contribution in [1.82, 2.24) is 20.2 Å². The van der Waals surface area contributed by atoms with Crippen LogP contribution in [0.5, 0.6) is 0 Å². The van der Waals surface area contributed by atoms with Gasteiger partial charge in [-0.15, -0.1) is 0 Å². The smallest absolute Gasteiger partial charge is 0.319 e. The van der Waals surface area contributed by atoms with E-state index in [0.717, 1.165) is 11.0 Å². The number of imide groups is 1. The summed E-state index contributed by atoms with van der Waals surface area (Å²) < 4.78 is 0. The SMILES string of the molecule is Cc1nc2ccccc2nc1CN1C(=O)NC(C)(c2ccc(Cl)cc2)C1=O. The molecule has 7 heteroatoms. The van der Waals surface area contributed by atoms with E-state index in [2.05, 4.69) is 15.3 Å². The number of rotatable bonds is 3. The van der Waals surface area contributed by atoms with Gasteiger partial charge in [0, 0.05) is 5.02 Å². The van der Waals surface area contributed by atoms with Crippen LogP contribution in [0, 0.1) is 6.92 Å². The first kappa shape index (κ1) is 17.4. The van der Waals surface area contributed by atoms with Gasteiger partial charge in [0.25, 0.3) is 5.91 Å². The molecule has 1 N–H and O–H groups in total. The van der Waals surface area contributed by atoms with Gasteiger partial charge >= 0.3 is 6.03 Å². The van der Waals surface area contributed by atoms with E-state index in [-0.39, 0.29) is 12.5 Å². The number of nitrogens with zero attached hydrogens (tertiary/aromatic N) is 3. The van der Waals surface area contributed by atoms with Crippen LogP contribution in [-0.4, -0.2) is 26.8 Å². The number of fused-ring (bicyclic) bond motifs is 1. The molecule has 3 aromatic rings. The Morgan fingerprint density at radius 2 is 1.67 bits per heavy atom. The van der Waals surface area contributed by atoms with E-state index in [4.69, 9.17) is 11.6 Å². The van der Waals surface area contributed by atoms with Gasteiger partial charge in [-0.05, 0) is 43.7 Å². The van der Waals surface area contributed by atoms with Crippen molar-refractivity contribution in [3.63, 3.8) is 0 Å². The molecule has 1 aliphatic heterocycles. The van der Waals surface area contributed by atoms with Gasteiger partial charge in [-0.1, -0.05) is 35.9 Å². The Balaban J connectivity index is 1.67. The fourth-order valence-corrected chi connectivity index (χ4v) is 3.37. The summed E-state index contributed by atoms with van der Waals surface area (Å²) >= 11 is 5.93. The molecule has 136 valence electrons. The van der Waals surface area contributed by atoms with E-state index in [1.807, 2.05) is 31.2 Å². The van der Waals surface area contributed by atoms with Crippen LogP contribution in [0.15, 0.2) is 48.5 Å². The lowest BCUT2D eigenvalue weighted by Gasteiger charge is -2.22. The predicted octanol–water partition coefficient (Wildman–Crippen LogP) is 3.56. The highest BCUT2D eigenvalue weighted by atomic mass is 35.5. The summed E-state index contributed by atoms with van der Waals surface area (Å²) in [5, 5.41) is 3.36. The highest BCUT2D eigenvalue weighted by molar-refractivity contribution is 6.30. The molecule has 2 aromatic carbocycles. The first-order chi connectivity index (χ1) is 12.9. The first-order valence-electron chi connectivity index (χ1n) is 8.51. The Kier molecular flexibility index (Phi) is 4.08. The number of urea groups is 1. The number of halogens is 1. The lowest BCUT2D eigenvalue weighted by molar-refractivity contribution is -0.131. The number of para-hydroxylation sites is 2. The molecule has 1 saturated heterocycles. The number of carbonyl (C=O) groups is 2. The van der Waals surface area contributed by atoms with Crippen LogP contribution in [0.25, 0.3) is 11.0 Å². The summed E-state index contributed by atoms with van der Waals surface area (Å²) in [7, 11) is 0. The highest BCUT2D eigenvalue weighted by Crippen LogP contribution is 2.30. The van der Waals surface area contributed by atoms with Crippen LogP contribution in [-0.2, 0) is 16.9 Å². The predicted molar refractivity (Wildman–Crippen MR) is 102 cm³/mol. The van der Waals surface area contributed by atoms with Crippen LogP contribution in [0.4, 0.5) is 4.79 Å². The van der Waals surface area contributed by atoms with Gasteiger partial charge in [0.05, 0.1) is 29.0 Å². The molecule has 4 rings (SSSR count). The van der Waals surface area contributed by atoms with Crippen molar-refractivity contribution in [2.24, 2.45) is 0 Å². The third-order valence-electron chi connectivity index (χ3n) is 4.85. The number of aromatic nitrogens is 2. The van der Waals surface area contributed by atoms with Crippen LogP contribution < -0.4 is 5.32 Å². The average molecular weight is 381 g/mol. The maximum absolute atomic E-state index is 13.1. The Hall–Kier alpha value is -2.99. The van der Waals surface area contributed by atoms with E-state index in [9.17, 15) is 9.59 Å². The van der Waals surface area contributed by atoms with Gasteiger partial charge in [-0.25, -0.2) is 14.8 Å². The number of aryl methyl sites for hydroxylation is 1. The van der Waals surface area contributed by atoms with Crippen molar-refractivity contribution >= 4 is 34.6 Å². The topological polar surface area (TPSA) is 75.2 Å². The molecule has 1 unspecified atom stereocenters. The number of carbonyl (C=O) groups excluding carboxylic acids is 2. The monoisotopic (exact) mass is 380 g/mol. The minimum atomic E-state index is -1.14. The van der Waals surface area contributed by atoms with Gasteiger partial charge in [0.2, 0.25) is 0 Å². The van der Waals surface area contributed by atoms with Crippen molar-refractivity contribution in [3.8, 4) is 0 Å². The molecule has 1 fully saturated rings. The normalized spacial score (nSPS) is 19.6. The molecule has 1 aliphatic rings. The van der Waals surface area contributed by atoms with Crippen molar-refractivity contribution in [2.45, 2.75) is 25.9 Å². The Bertz CT molecular complexity index is 1070. The van der Waals surface area contributed by atoms with Gasteiger partial charge < -0.3 is 5.32 Å². The minimum absolute atomic E-state index is 0.0670. The quantitative estimate of drug-likeness (QED) is 0.705. The summed E-state index contributed by atoms with van der Waals surface area (Å²) in [6, 6.07) is 13.9. The second kappa shape index (κ2) is 6.32. The number of amides is 3. The third-order valence-corrected chi connectivity index (χ3v) is 5.10. The maximum Gasteiger partial charge on any atom is 0.325 e. The highest BCUT2D eigenvalue weighted by Gasteiger charge is 2.49. The lowest BCUT2D eigenvalue weighted by atomic mass is 9.92. The summed E-state index contributed by atoms with van der Waals surface area (Å²) in [5.41, 5.74) is 2.33. The van der Waals surface area contributed by atoms with E-state index >= 15 is 0 Å². The second-order valence-electron chi connectivity index (χ2n) is 6.70. The van der Waals surface area contributed by atoms with Crippen LogP contribution in [0.2, 0.25) is 5.02 Å². The second-order valence-corrected chi connectivity index (χ2v) is 7.13. The molecule has 6 nitrogen and oxygen atoms in total. The number of hydrogen-bond donors (Lipinski definition) is 1. The van der Waals surface area contributed by atoms with Gasteiger partial charge in [-0.3, -0.25) is 9.69 Å². The molecular weight excluding hydrogens is 364 g/mol. The fraction of sp³-hybridized carbons (Fsp3) is 0.200. The van der Waals surface area contributed by atoms with E-state index in [1.165, 1.54) is 4.90 Å². The number of benzene rings is 2. The zero-order chi connectivity index (χ0) is 19.2. The molecule has 0 bridgehead atoms. The molecule has 27 heavy (non-hydrogen) atoms. The molecule has 1 atom stereocenters. The van der Waals surface area contributed by atoms with E-state index in [0.29, 0.717) is 22.0 Å². The zero-order valence-electron chi connectivity index (χ0n) is 14.9. The molecule has 2 heterocycles. The summed E-state index contributed by atoms with van der Waals surface area (Å²) in [4.78, 5) is 35.9. The molecule has 1 aromatic heterocycles. The number of hydrogen-bond acceptors (Lipinski definition) is 4. The molecule has 0 radical (unpaired) electrons. The average Bonchev–Trinajstić information content (AvgIpc) is 2.86. The van der Waals surface area contributed by atoms with Crippen LogP contribution in [0.3, 0.4) is 0 Å². The van der Waals surface area contributed by atoms with Crippen LogP contribution >= 0.6 is 11.6 Å². The summed E-state index contributed by atoms with van der Waals surface area (Å²) in [5.74, 6) is -0.329. The molecule has 0 spiro atoms. The van der Waals surface area contributed by atoms with Crippen molar-refractivity contribution in [3.05, 3.63) is 70.5 Å².